The second-order valence-corrected chi connectivity index (χ2v) is 4.56. The number of carbonyl (C=O) groups is 1. The first-order valence-corrected chi connectivity index (χ1v) is 6.40. The Balaban J connectivity index is 2.06. The maximum Gasteiger partial charge on any atom is 0.320 e. The summed E-state index contributed by atoms with van der Waals surface area (Å²) in [5, 5.41) is 3.30. The Morgan fingerprint density at radius 3 is 2.94 bits per heavy atom. The molecule has 1 aliphatic heterocycles. The predicted octanol–water partition coefficient (Wildman–Crippen LogP) is 1.77. The fourth-order valence-electron chi connectivity index (χ4n) is 2.02. The molecular weight excluding hydrogens is 228 g/mol. The zero-order valence-corrected chi connectivity index (χ0v) is 11.0. The molecule has 1 aromatic rings. The third-order valence-electron chi connectivity index (χ3n) is 3.10. The lowest BCUT2D eigenvalue weighted by molar-refractivity contribution is 0.197. The van der Waals surface area contributed by atoms with Crippen molar-refractivity contribution in [2.24, 2.45) is 0 Å². The fraction of sp³-hybridized carbons (Fsp3) is 0.538. The number of nitrogens with one attached hydrogen (secondary N) is 1. The quantitative estimate of drug-likeness (QED) is 0.864. The minimum Gasteiger partial charge on any atom is -0.370 e. The summed E-state index contributed by atoms with van der Waals surface area (Å²) < 4.78 is 0. The Morgan fingerprint density at radius 1 is 1.44 bits per heavy atom. The lowest BCUT2D eigenvalue weighted by Crippen LogP contribution is -2.29. The Bertz CT molecular complexity index is 421. The fourth-order valence-corrected chi connectivity index (χ4v) is 2.02. The molecular formula is C13H20N4O. The number of rotatable bonds is 5. The molecule has 18 heavy (non-hydrogen) atoms. The molecule has 0 unspecified atom stereocenters. The Kier molecular flexibility index (Phi) is 4.02. The van der Waals surface area contributed by atoms with Gasteiger partial charge in [-0.1, -0.05) is 13.0 Å². The van der Waals surface area contributed by atoms with Gasteiger partial charge in [-0.05, 0) is 12.5 Å². The second kappa shape index (κ2) is 5.71. The van der Waals surface area contributed by atoms with E-state index in [1.807, 2.05) is 24.1 Å². The summed E-state index contributed by atoms with van der Waals surface area (Å²) in [5.41, 5.74) is 1.08. The summed E-state index contributed by atoms with van der Waals surface area (Å²) in [6.45, 7) is 5.24. The number of aromatic nitrogens is 1. The first-order chi connectivity index (χ1) is 8.72. The van der Waals surface area contributed by atoms with Crippen molar-refractivity contribution in [2.45, 2.75) is 19.9 Å². The van der Waals surface area contributed by atoms with Gasteiger partial charge < -0.3 is 15.1 Å². The average molecular weight is 248 g/mol. The van der Waals surface area contributed by atoms with Crippen LogP contribution in [0, 0.1) is 0 Å². The minimum absolute atomic E-state index is 0.0975. The highest BCUT2D eigenvalue weighted by Crippen LogP contribution is 2.17. The lowest BCUT2D eigenvalue weighted by atomic mass is 10.2. The number of hydrogen-bond acceptors (Lipinski definition) is 3. The predicted molar refractivity (Wildman–Crippen MR) is 71.5 cm³/mol. The maximum absolute atomic E-state index is 11.8. The van der Waals surface area contributed by atoms with Gasteiger partial charge in [0, 0.05) is 38.4 Å². The van der Waals surface area contributed by atoms with Gasteiger partial charge in [-0.3, -0.25) is 0 Å². The van der Waals surface area contributed by atoms with Crippen molar-refractivity contribution in [1.82, 2.24) is 14.8 Å². The highest BCUT2D eigenvalue weighted by atomic mass is 16.2. The summed E-state index contributed by atoms with van der Waals surface area (Å²) >= 11 is 0. The molecule has 2 amide bonds. The number of amides is 2. The molecule has 1 fully saturated rings. The van der Waals surface area contributed by atoms with E-state index in [9.17, 15) is 4.79 Å². The van der Waals surface area contributed by atoms with E-state index >= 15 is 0 Å². The van der Waals surface area contributed by atoms with Gasteiger partial charge in [-0.15, -0.1) is 0 Å². The average Bonchev–Trinajstić information content (AvgIpc) is 2.70. The van der Waals surface area contributed by atoms with Crippen LogP contribution in [0.1, 0.15) is 18.9 Å². The molecule has 1 N–H and O–H groups in total. The van der Waals surface area contributed by atoms with Crippen molar-refractivity contribution >= 4 is 11.8 Å². The summed E-state index contributed by atoms with van der Waals surface area (Å²) in [6.07, 6.45) is 2.83. The molecule has 0 bridgehead atoms. The normalized spacial score (nSPS) is 15.3. The molecule has 0 radical (unpaired) electrons. The molecule has 0 saturated carbocycles. The van der Waals surface area contributed by atoms with Crippen LogP contribution in [-0.2, 0) is 6.54 Å². The summed E-state index contributed by atoms with van der Waals surface area (Å²) in [7, 11) is 1.84. The minimum atomic E-state index is 0.0975. The van der Waals surface area contributed by atoms with Crippen molar-refractivity contribution in [3.8, 4) is 0 Å². The van der Waals surface area contributed by atoms with Gasteiger partial charge in [0.25, 0.3) is 0 Å². The van der Waals surface area contributed by atoms with Crippen LogP contribution in [0.25, 0.3) is 0 Å². The maximum atomic E-state index is 11.8. The van der Waals surface area contributed by atoms with E-state index in [1.165, 1.54) is 0 Å². The molecule has 2 rings (SSSR count). The molecule has 1 saturated heterocycles. The lowest BCUT2D eigenvalue weighted by Gasteiger charge is -2.18. The highest BCUT2D eigenvalue weighted by Gasteiger charge is 2.25. The molecule has 98 valence electrons. The zero-order chi connectivity index (χ0) is 13.0. The van der Waals surface area contributed by atoms with Crippen molar-refractivity contribution in [3.05, 3.63) is 23.9 Å². The van der Waals surface area contributed by atoms with Gasteiger partial charge in [0.1, 0.15) is 5.82 Å². The summed E-state index contributed by atoms with van der Waals surface area (Å²) in [5.74, 6) is 0.890. The van der Waals surface area contributed by atoms with Crippen molar-refractivity contribution < 1.29 is 4.79 Å². The van der Waals surface area contributed by atoms with Crippen LogP contribution in [0.3, 0.4) is 0 Å². The molecule has 1 aromatic heterocycles. The number of carbonyl (C=O) groups excluding carboxylic acids is 1. The number of likely N-dealkylation sites (N-methyl/N-ethyl adjacent to an activating group) is 1. The Morgan fingerprint density at radius 2 is 2.28 bits per heavy atom. The van der Waals surface area contributed by atoms with Gasteiger partial charge in [0.15, 0.2) is 0 Å². The van der Waals surface area contributed by atoms with E-state index in [4.69, 9.17) is 0 Å². The van der Waals surface area contributed by atoms with Gasteiger partial charge in [-0.2, -0.15) is 0 Å². The van der Waals surface area contributed by atoms with Gasteiger partial charge in [0.2, 0.25) is 0 Å². The molecule has 5 nitrogen and oxygen atoms in total. The number of anilines is 1. The number of hydrogen-bond donors (Lipinski definition) is 1. The van der Waals surface area contributed by atoms with E-state index < -0.39 is 0 Å². The smallest absolute Gasteiger partial charge is 0.320 e. The first-order valence-electron chi connectivity index (χ1n) is 6.40. The van der Waals surface area contributed by atoms with E-state index in [1.54, 1.807) is 11.1 Å². The van der Waals surface area contributed by atoms with Gasteiger partial charge >= 0.3 is 6.03 Å². The monoisotopic (exact) mass is 248 g/mol. The number of nitrogens with zero attached hydrogens (tertiary/aromatic N) is 3. The van der Waals surface area contributed by atoms with Crippen LogP contribution < -0.4 is 5.32 Å². The number of pyridine rings is 1. The van der Waals surface area contributed by atoms with Crippen LogP contribution in [0.2, 0.25) is 0 Å². The van der Waals surface area contributed by atoms with Crippen LogP contribution in [-0.4, -0.2) is 47.5 Å². The summed E-state index contributed by atoms with van der Waals surface area (Å²) in [6, 6.07) is 4.04. The van der Waals surface area contributed by atoms with Crippen LogP contribution >= 0.6 is 0 Å². The third-order valence-corrected chi connectivity index (χ3v) is 3.10. The van der Waals surface area contributed by atoms with E-state index in [0.717, 1.165) is 37.4 Å². The van der Waals surface area contributed by atoms with Gasteiger partial charge in [0.05, 0.1) is 6.54 Å². The Labute approximate surface area is 108 Å². The molecule has 2 heterocycles. The standard InChI is InChI=1S/C13H20N4O/c1-3-6-14-12-11(5-4-7-15-12)10-17-9-8-16(2)13(17)18/h4-5,7H,3,6,8-10H2,1-2H3,(H,14,15). The van der Waals surface area contributed by atoms with Crippen LogP contribution in [0.15, 0.2) is 18.3 Å². The number of urea groups is 1. The zero-order valence-electron chi connectivity index (χ0n) is 11.0. The summed E-state index contributed by atoms with van der Waals surface area (Å²) in [4.78, 5) is 19.8. The largest absolute Gasteiger partial charge is 0.370 e. The van der Waals surface area contributed by atoms with E-state index in [0.29, 0.717) is 6.54 Å². The van der Waals surface area contributed by atoms with E-state index in [2.05, 4.69) is 17.2 Å². The topological polar surface area (TPSA) is 48.5 Å². The third kappa shape index (κ3) is 2.72. The second-order valence-electron chi connectivity index (χ2n) is 4.56. The molecule has 0 aliphatic carbocycles. The molecule has 1 aliphatic rings. The molecule has 0 spiro atoms. The Hall–Kier alpha value is -1.78. The molecule has 5 heteroatoms. The van der Waals surface area contributed by atoms with Crippen molar-refractivity contribution in [1.29, 1.82) is 0 Å². The van der Waals surface area contributed by atoms with Crippen LogP contribution in [0.4, 0.5) is 10.6 Å². The molecule has 0 atom stereocenters. The van der Waals surface area contributed by atoms with Crippen molar-refractivity contribution in [2.75, 3.05) is 32.0 Å². The SMILES string of the molecule is CCCNc1ncccc1CN1CCN(C)C1=O. The van der Waals surface area contributed by atoms with E-state index in [-0.39, 0.29) is 6.03 Å². The first kappa shape index (κ1) is 12.7. The molecule has 0 aromatic carbocycles. The van der Waals surface area contributed by atoms with Crippen LogP contribution in [0.5, 0.6) is 0 Å². The highest BCUT2D eigenvalue weighted by molar-refractivity contribution is 5.76. The van der Waals surface area contributed by atoms with Gasteiger partial charge in [-0.25, -0.2) is 9.78 Å². The van der Waals surface area contributed by atoms with Crippen molar-refractivity contribution in [3.63, 3.8) is 0 Å².